The van der Waals surface area contributed by atoms with Gasteiger partial charge in [0.05, 0.1) is 12.2 Å². The summed E-state index contributed by atoms with van der Waals surface area (Å²) in [6.45, 7) is 7.09. The summed E-state index contributed by atoms with van der Waals surface area (Å²) >= 11 is 0. The predicted octanol–water partition coefficient (Wildman–Crippen LogP) is 2.59. The van der Waals surface area contributed by atoms with Gasteiger partial charge in [-0.15, -0.1) is 0 Å². The van der Waals surface area contributed by atoms with E-state index in [1.54, 1.807) is 27.7 Å². The van der Waals surface area contributed by atoms with E-state index in [0.717, 1.165) is 0 Å². The fourth-order valence-electron chi connectivity index (χ4n) is 0.627. The highest BCUT2D eigenvalue weighted by Crippen LogP contribution is 2.50. The Morgan fingerprint density at radius 3 is 1.50 bits per heavy atom. The maximum absolute atomic E-state index is 11.5. The maximum atomic E-state index is 11.5. The fourth-order valence-corrected chi connectivity index (χ4v) is 1.88. The standard InChI is InChI=1S/C7H17O4P/c1-6(2)10-12(8,9-5)11-7(3)4/h6-7H,1-5H3. The molecule has 0 amide bonds. The van der Waals surface area contributed by atoms with Crippen molar-refractivity contribution in [3.8, 4) is 0 Å². The third-order valence-corrected chi connectivity index (χ3v) is 2.71. The van der Waals surface area contributed by atoms with Gasteiger partial charge in [-0.2, -0.15) is 0 Å². The van der Waals surface area contributed by atoms with Crippen molar-refractivity contribution < 1.29 is 18.1 Å². The van der Waals surface area contributed by atoms with E-state index in [9.17, 15) is 4.57 Å². The lowest BCUT2D eigenvalue weighted by Gasteiger charge is -2.19. The average molecular weight is 196 g/mol. The molecule has 0 aliphatic carbocycles. The zero-order chi connectivity index (χ0) is 9.78. The molecule has 5 heteroatoms. The molecular formula is C7H17O4P. The normalized spacial score (nSPS) is 12.9. The first-order valence-electron chi connectivity index (χ1n) is 3.92. The van der Waals surface area contributed by atoms with Crippen LogP contribution >= 0.6 is 7.82 Å². The molecule has 0 atom stereocenters. The predicted molar refractivity (Wildman–Crippen MR) is 47.1 cm³/mol. The van der Waals surface area contributed by atoms with Crippen molar-refractivity contribution in [3.05, 3.63) is 0 Å². The highest BCUT2D eigenvalue weighted by atomic mass is 31.2. The second-order valence-electron chi connectivity index (χ2n) is 2.94. The molecule has 0 saturated heterocycles. The molecule has 0 aliphatic rings. The molecule has 0 saturated carbocycles. The summed E-state index contributed by atoms with van der Waals surface area (Å²) in [4.78, 5) is 0. The van der Waals surface area contributed by atoms with Crippen LogP contribution in [0.2, 0.25) is 0 Å². The molecule has 0 rings (SSSR count). The highest BCUT2D eigenvalue weighted by Gasteiger charge is 2.27. The van der Waals surface area contributed by atoms with E-state index in [-0.39, 0.29) is 12.2 Å². The van der Waals surface area contributed by atoms with Crippen molar-refractivity contribution in [1.29, 1.82) is 0 Å². The molecule has 0 spiro atoms. The molecule has 0 aromatic heterocycles. The summed E-state index contributed by atoms with van der Waals surface area (Å²) in [5, 5.41) is 0. The van der Waals surface area contributed by atoms with Gasteiger partial charge in [0.15, 0.2) is 0 Å². The Labute approximate surface area is 73.8 Å². The Morgan fingerprint density at radius 2 is 1.33 bits per heavy atom. The molecule has 0 aromatic rings. The summed E-state index contributed by atoms with van der Waals surface area (Å²) in [5.41, 5.74) is 0. The Bertz CT molecular complexity index is 153. The monoisotopic (exact) mass is 196 g/mol. The first-order valence-corrected chi connectivity index (χ1v) is 5.38. The molecule has 0 fully saturated rings. The summed E-state index contributed by atoms with van der Waals surface area (Å²) < 4.78 is 26.2. The number of hydrogen-bond donors (Lipinski definition) is 0. The fraction of sp³-hybridized carbons (Fsp3) is 1.00. The van der Waals surface area contributed by atoms with E-state index in [0.29, 0.717) is 0 Å². The number of phosphoric ester groups is 1. The van der Waals surface area contributed by atoms with Gasteiger partial charge in [0.2, 0.25) is 0 Å². The molecule has 0 bridgehead atoms. The van der Waals surface area contributed by atoms with E-state index in [2.05, 4.69) is 4.52 Å². The molecule has 0 unspecified atom stereocenters. The molecule has 0 aromatic carbocycles. The molecule has 0 aliphatic heterocycles. The Balaban J connectivity index is 4.15. The third-order valence-electron chi connectivity index (χ3n) is 0.903. The van der Waals surface area contributed by atoms with Crippen molar-refractivity contribution >= 4 is 7.82 Å². The Hall–Kier alpha value is 0.110. The highest BCUT2D eigenvalue weighted by molar-refractivity contribution is 7.48. The molecule has 12 heavy (non-hydrogen) atoms. The smallest absolute Gasteiger partial charge is 0.290 e. The van der Waals surface area contributed by atoms with Gasteiger partial charge < -0.3 is 0 Å². The first kappa shape index (κ1) is 12.1. The number of phosphoric acid groups is 1. The second kappa shape index (κ2) is 4.97. The lowest BCUT2D eigenvalue weighted by molar-refractivity contribution is 0.0851. The van der Waals surface area contributed by atoms with Gasteiger partial charge in [-0.3, -0.25) is 13.6 Å². The van der Waals surface area contributed by atoms with Gasteiger partial charge in [0.25, 0.3) is 0 Å². The summed E-state index contributed by atoms with van der Waals surface area (Å²) in [7, 11) is -2.00. The molecule has 0 N–H and O–H groups in total. The molecule has 4 nitrogen and oxygen atoms in total. The summed E-state index contributed by atoms with van der Waals surface area (Å²) in [6, 6.07) is 0. The van der Waals surface area contributed by atoms with E-state index in [4.69, 9.17) is 9.05 Å². The minimum absolute atomic E-state index is 0.172. The van der Waals surface area contributed by atoms with Crippen LogP contribution in [-0.4, -0.2) is 19.3 Å². The van der Waals surface area contributed by atoms with Crippen molar-refractivity contribution in [2.24, 2.45) is 0 Å². The zero-order valence-corrected chi connectivity index (χ0v) is 9.13. The molecular weight excluding hydrogens is 179 g/mol. The van der Waals surface area contributed by atoms with Gasteiger partial charge in [-0.25, -0.2) is 4.57 Å². The van der Waals surface area contributed by atoms with Gasteiger partial charge >= 0.3 is 7.82 Å². The molecule has 0 radical (unpaired) electrons. The quantitative estimate of drug-likeness (QED) is 0.634. The third kappa shape index (κ3) is 4.88. The van der Waals surface area contributed by atoms with Gasteiger partial charge in [0.1, 0.15) is 0 Å². The summed E-state index contributed by atoms with van der Waals surface area (Å²) in [5.74, 6) is 0. The zero-order valence-electron chi connectivity index (χ0n) is 8.23. The van der Waals surface area contributed by atoms with E-state index in [1.165, 1.54) is 7.11 Å². The van der Waals surface area contributed by atoms with Crippen LogP contribution < -0.4 is 0 Å². The molecule has 0 heterocycles. The van der Waals surface area contributed by atoms with Crippen LogP contribution in [0.5, 0.6) is 0 Å². The van der Waals surface area contributed by atoms with E-state index < -0.39 is 7.82 Å². The number of hydrogen-bond acceptors (Lipinski definition) is 4. The van der Waals surface area contributed by atoms with Crippen molar-refractivity contribution in [1.82, 2.24) is 0 Å². The van der Waals surface area contributed by atoms with Crippen LogP contribution in [0.1, 0.15) is 27.7 Å². The van der Waals surface area contributed by atoms with Crippen LogP contribution in [-0.2, 0) is 18.1 Å². The van der Waals surface area contributed by atoms with Crippen LogP contribution in [0.4, 0.5) is 0 Å². The largest absolute Gasteiger partial charge is 0.475 e. The average Bonchev–Trinajstić information content (AvgIpc) is 1.83. The van der Waals surface area contributed by atoms with Gasteiger partial charge in [-0.1, -0.05) is 0 Å². The Morgan fingerprint density at radius 1 is 1.00 bits per heavy atom. The van der Waals surface area contributed by atoms with Crippen molar-refractivity contribution in [3.63, 3.8) is 0 Å². The first-order chi connectivity index (χ1) is 5.39. The topological polar surface area (TPSA) is 44.8 Å². The van der Waals surface area contributed by atoms with Crippen molar-refractivity contribution in [2.45, 2.75) is 39.9 Å². The van der Waals surface area contributed by atoms with Crippen LogP contribution in [0, 0.1) is 0 Å². The minimum Gasteiger partial charge on any atom is -0.290 e. The van der Waals surface area contributed by atoms with E-state index >= 15 is 0 Å². The summed E-state index contributed by atoms with van der Waals surface area (Å²) in [6.07, 6.45) is -0.343. The van der Waals surface area contributed by atoms with Crippen molar-refractivity contribution in [2.75, 3.05) is 7.11 Å². The van der Waals surface area contributed by atoms with Crippen LogP contribution in [0.15, 0.2) is 0 Å². The minimum atomic E-state index is -3.31. The lowest BCUT2D eigenvalue weighted by Crippen LogP contribution is -2.08. The van der Waals surface area contributed by atoms with Gasteiger partial charge in [0, 0.05) is 7.11 Å². The van der Waals surface area contributed by atoms with Crippen LogP contribution in [0.3, 0.4) is 0 Å². The lowest BCUT2D eigenvalue weighted by atomic mass is 10.5. The van der Waals surface area contributed by atoms with E-state index in [1.807, 2.05) is 0 Å². The van der Waals surface area contributed by atoms with Crippen LogP contribution in [0.25, 0.3) is 0 Å². The molecule has 74 valence electrons. The van der Waals surface area contributed by atoms with Gasteiger partial charge in [-0.05, 0) is 27.7 Å². The Kier molecular flexibility index (Phi) is 5.02. The number of rotatable bonds is 5. The second-order valence-corrected chi connectivity index (χ2v) is 4.62. The SMILES string of the molecule is COP(=O)(OC(C)C)OC(C)C. The maximum Gasteiger partial charge on any atom is 0.475 e.